The zero-order valence-electron chi connectivity index (χ0n) is 9.84. The van der Waals surface area contributed by atoms with Gasteiger partial charge < -0.3 is 11.1 Å². The maximum Gasteiger partial charge on any atom is 0.224 e. The fourth-order valence-electron chi connectivity index (χ4n) is 1.53. The van der Waals surface area contributed by atoms with Crippen molar-refractivity contribution < 1.29 is 8.42 Å². The predicted molar refractivity (Wildman–Crippen MR) is 68.9 cm³/mol. The van der Waals surface area contributed by atoms with Gasteiger partial charge in [-0.1, -0.05) is 0 Å². The Balaban J connectivity index is 2.05. The van der Waals surface area contributed by atoms with Gasteiger partial charge in [-0.3, -0.25) is 5.10 Å². The molecule has 0 aliphatic carbocycles. The van der Waals surface area contributed by atoms with Crippen LogP contribution in [-0.2, 0) is 9.84 Å². The van der Waals surface area contributed by atoms with Crippen molar-refractivity contribution in [3.8, 4) is 0 Å². The van der Waals surface area contributed by atoms with Gasteiger partial charge in [0.25, 0.3) is 0 Å². The highest BCUT2D eigenvalue weighted by Crippen LogP contribution is 2.18. The molecule has 2 rings (SSSR count). The molecular formula is C9H14N6O2S. The van der Waals surface area contributed by atoms with Crippen LogP contribution in [0.15, 0.2) is 6.20 Å². The van der Waals surface area contributed by atoms with Gasteiger partial charge in [-0.15, -0.1) is 0 Å². The monoisotopic (exact) mass is 270 g/mol. The van der Waals surface area contributed by atoms with Crippen LogP contribution in [0.2, 0.25) is 0 Å². The van der Waals surface area contributed by atoms with Crippen molar-refractivity contribution in [1.29, 1.82) is 0 Å². The average Bonchev–Trinajstić information content (AvgIpc) is 2.70. The summed E-state index contributed by atoms with van der Waals surface area (Å²) >= 11 is 0. The summed E-state index contributed by atoms with van der Waals surface area (Å²) in [4.78, 5) is 8.03. The van der Waals surface area contributed by atoms with Crippen LogP contribution in [0.1, 0.15) is 6.42 Å². The molecule has 0 aliphatic heterocycles. The summed E-state index contributed by atoms with van der Waals surface area (Å²) in [5.74, 6) is 0.826. The third-order valence-electron chi connectivity index (χ3n) is 2.31. The van der Waals surface area contributed by atoms with Crippen LogP contribution in [0.4, 0.5) is 11.8 Å². The van der Waals surface area contributed by atoms with Gasteiger partial charge in [0.05, 0.1) is 17.3 Å². The van der Waals surface area contributed by atoms with Crippen molar-refractivity contribution >= 4 is 32.6 Å². The number of fused-ring (bicyclic) bond motifs is 1. The molecule has 0 atom stereocenters. The Morgan fingerprint density at radius 3 is 2.94 bits per heavy atom. The number of aromatic amines is 1. The van der Waals surface area contributed by atoms with Crippen molar-refractivity contribution in [2.45, 2.75) is 6.42 Å². The van der Waals surface area contributed by atoms with Crippen LogP contribution in [0.3, 0.4) is 0 Å². The van der Waals surface area contributed by atoms with E-state index in [4.69, 9.17) is 5.73 Å². The lowest BCUT2D eigenvalue weighted by Crippen LogP contribution is -2.11. The molecule has 0 bridgehead atoms. The van der Waals surface area contributed by atoms with E-state index in [9.17, 15) is 8.42 Å². The van der Waals surface area contributed by atoms with Crippen molar-refractivity contribution in [1.82, 2.24) is 20.2 Å². The van der Waals surface area contributed by atoms with Gasteiger partial charge in [0.2, 0.25) is 5.95 Å². The lowest BCUT2D eigenvalue weighted by atomic mass is 10.4. The Hall–Kier alpha value is -1.90. The highest BCUT2D eigenvalue weighted by molar-refractivity contribution is 7.90. The van der Waals surface area contributed by atoms with E-state index < -0.39 is 9.84 Å². The number of aromatic nitrogens is 4. The molecule has 0 fully saturated rings. The summed E-state index contributed by atoms with van der Waals surface area (Å²) in [5.41, 5.74) is 6.10. The maximum absolute atomic E-state index is 11.0. The molecule has 0 radical (unpaired) electrons. The second-order valence-electron chi connectivity index (χ2n) is 3.97. The fourth-order valence-corrected chi connectivity index (χ4v) is 2.20. The molecule has 18 heavy (non-hydrogen) atoms. The van der Waals surface area contributed by atoms with Gasteiger partial charge in [-0.2, -0.15) is 15.1 Å². The number of nitrogens with one attached hydrogen (secondary N) is 2. The van der Waals surface area contributed by atoms with Gasteiger partial charge >= 0.3 is 0 Å². The molecule has 8 nitrogen and oxygen atoms in total. The van der Waals surface area contributed by atoms with Crippen LogP contribution in [0, 0.1) is 0 Å². The van der Waals surface area contributed by atoms with Crippen LogP contribution in [0.5, 0.6) is 0 Å². The molecular weight excluding hydrogens is 256 g/mol. The summed E-state index contributed by atoms with van der Waals surface area (Å²) in [6.07, 6.45) is 3.31. The Morgan fingerprint density at radius 2 is 2.22 bits per heavy atom. The molecule has 2 heterocycles. The zero-order chi connectivity index (χ0) is 13.2. The fraction of sp³-hybridized carbons (Fsp3) is 0.444. The minimum atomic E-state index is -2.93. The summed E-state index contributed by atoms with van der Waals surface area (Å²) < 4.78 is 22.0. The minimum Gasteiger partial charge on any atom is -0.369 e. The first-order valence-corrected chi connectivity index (χ1v) is 7.40. The van der Waals surface area contributed by atoms with Gasteiger partial charge in [0, 0.05) is 12.8 Å². The third-order valence-corrected chi connectivity index (χ3v) is 3.34. The molecule has 98 valence electrons. The van der Waals surface area contributed by atoms with Crippen molar-refractivity contribution in [3.05, 3.63) is 6.20 Å². The zero-order valence-corrected chi connectivity index (χ0v) is 10.7. The Morgan fingerprint density at radius 1 is 1.44 bits per heavy atom. The average molecular weight is 270 g/mol. The van der Waals surface area contributed by atoms with E-state index in [0.29, 0.717) is 24.4 Å². The number of hydrogen-bond acceptors (Lipinski definition) is 7. The maximum atomic E-state index is 11.0. The van der Waals surface area contributed by atoms with Gasteiger partial charge in [-0.05, 0) is 6.42 Å². The first-order valence-electron chi connectivity index (χ1n) is 5.34. The van der Waals surface area contributed by atoms with E-state index in [-0.39, 0.29) is 11.7 Å². The van der Waals surface area contributed by atoms with E-state index in [1.54, 1.807) is 6.20 Å². The highest BCUT2D eigenvalue weighted by atomic mass is 32.2. The standard InChI is InChI=1S/C9H14N6O2S/c1-18(16,17)4-2-3-11-7-6-5-12-15-8(6)14-9(10)13-7/h5H,2-4H2,1H3,(H4,10,11,12,13,14,15). The highest BCUT2D eigenvalue weighted by Gasteiger charge is 2.08. The van der Waals surface area contributed by atoms with Crippen molar-refractivity contribution in [2.24, 2.45) is 0 Å². The topological polar surface area (TPSA) is 127 Å². The molecule has 0 saturated heterocycles. The summed E-state index contributed by atoms with van der Waals surface area (Å²) in [5, 5.41) is 10.3. The Bertz CT molecular complexity index is 650. The molecule has 2 aromatic heterocycles. The van der Waals surface area contributed by atoms with Crippen LogP contribution in [-0.4, -0.2) is 47.1 Å². The van der Waals surface area contributed by atoms with Crippen LogP contribution >= 0.6 is 0 Å². The smallest absolute Gasteiger partial charge is 0.224 e. The molecule has 4 N–H and O–H groups in total. The van der Waals surface area contributed by atoms with E-state index in [2.05, 4.69) is 25.5 Å². The molecule has 0 unspecified atom stereocenters. The SMILES string of the molecule is CS(=O)(=O)CCCNc1nc(N)nc2[nH]ncc12. The number of nitrogens with zero attached hydrogens (tertiary/aromatic N) is 3. The number of anilines is 2. The largest absolute Gasteiger partial charge is 0.369 e. The Kier molecular flexibility index (Phi) is 3.32. The second kappa shape index (κ2) is 4.77. The number of sulfone groups is 1. The van der Waals surface area contributed by atoms with Crippen LogP contribution < -0.4 is 11.1 Å². The molecule has 0 saturated carbocycles. The molecule has 2 aromatic rings. The summed E-state index contributed by atoms with van der Waals surface area (Å²) in [6.45, 7) is 0.490. The Labute approximate surface area is 104 Å². The lowest BCUT2D eigenvalue weighted by molar-refractivity contribution is 0.600. The molecule has 0 amide bonds. The molecule has 9 heteroatoms. The number of nitrogen functional groups attached to an aromatic ring is 1. The normalized spacial score (nSPS) is 11.8. The molecule has 0 spiro atoms. The van der Waals surface area contributed by atoms with E-state index in [0.717, 1.165) is 5.39 Å². The number of nitrogens with two attached hydrogens (primary N) is 1. The van der Waals surface area contributed by atoms with E-state index in [1.165, 1.54) is 6.26 Å². The number of H-pyrrole nitrogens is 1. The number of hydrogen-bond donors (Lipinski definition) is 3. The van der Waals surface area contributed by atoms with Crippen LogP contribution in [0.25, 0.3) is 11.0 Å². The van der Waals surface area contributed by atoms with E-state index in [1.807, 2.05) is 0 Å². The van der Waals surface area contributed by atoms with E-state index >= 15 is 0 Å². The summed E-state index contributed by atoms with van der Waals surface area (Å²) in [7, 11) is -2.93. The first kappa shape index (κ1) is 12.6. The minimum absolute atomic E-state index is 0.134. The second-order valence-corrected chi connectivity index (χ2v) is 6.23. The first-order chi connectivity index (χ1) is 8.46. The van der Waals surface area contributed by atoms with Crippen molar-refractivity contribution in [3.63, 3.8) is 0 Å². The quantitative estimate of drug-likeness (QED) is 0.641. The molecule has 0 aromatic carbocycles. The van der Waals surface area contributed by atoms with Gasteiger partial charge in [-0.25, -0.2) is 8.42 Å². The van der Waals surface area contributed by atoms with Gasteiger partial charge in [0.1, 0.15) is 15.7 Å². The molecule has 0 aliphatic rings. The summed E-state index contributed by atoms with van der Waals surface area (Å²) in [6, 6.07) is 0. The lowest BCUT2D eigenvalue weighted by Gasteiger charge is -2.06. The third kappa shape index (κ3) is 3.06. The van der Waals surface area contributed by atoms with Crippen molar-refractivity contribution in [2.75, 3.05) is 29.6 Å². The number of rotatable bonds is 5. The van der Waals surface area contributed by atoms with Gasteiger partial charge in [0.15, 0.2) is 5.65 Å². The predicted octanol–water partition coefficient (Wildman–Crippen LogP) is -0.218.